The lowest BCUT2D eigenvalue weighted by atomic mass is 10.0. The van der Waals surface area contributed by atoms with E-state index in [4.69, 9.17) is 14.2 Å². The average molecular weight is 330 g/mol. The third kappa shape index (κ3) is 5.59. The lowest BCUT2D eigenvalue weighted by molar-refractivity contribution is -0.0313. The summed E-state index contributed by atoms with van der Waals surface area (Å²) in [6.07, 6.45) is 0.334. The zero-order chi connectivity index (χ0) is 17.4. The Hall–Kier alpha value is -2.53. The Bertz CT molecular complexity index is 635. The van der Waals surface area contributed by atoms with Gasteiger partial charge in [0.25, 0.3) is 0 Å². The molecular formula is C19H22O5. The fraction of sp³-hybridized carbons (Fsp3) is 0.316. The molecule has 5 heteroatoms. The molecule has 2 rings (SSSR count). The van der Waals surface area contributed by atoms with Crippen LogP contribution in [0.1, 0.15) is 23.7 Å². The van der Waals surface area contributed by atoms with Gasteiger partial charge in [-0.25, -0.2) is 4.79 Å². The number of methoxy groups -OCH3 is 1. The molecule has 0 amide bonds. The first-order chi connectivity index (χ1) is 11.5. The van der Waals surface area contributed by atoms with Crippen LogP contribution in [-0.4, -0.2) is 37.0 Å². The number of aliphatic hydroxyl groups is 1. The van der Waals surface area contributed by atoms with Crippen molar-refractivity contribution in [1.29, 1.82) is 0 Å². The number of rotatable bonds is 8. The molecule has 2 aromatic rings. The molecule has 0 aliphatic carbocycles. The van der Waals surface area contributed by atoms with Gasteiger partial charge in [0.05, 0.1) is 24.9 Å². The fourth-order valence-electron chi connectivity index (χ4n) is 2.01. The second-order valence-corrected chi connectivity index (χ2v) is 5.71. The summed E-state index contributed by atoms with van der Waals surface area (Å²) in [7, 11) is 1.60. The fourth-order valence-corrected chi connectivity index (χ4v) is 2.01. The Morgan fingerprint density at radius 1 is 1.04 bits per heavy atom. The number of carbonyl (C=O) groups excluding carboxylic acids is 1. The Labute approximate surface area is 141 Å². The standard InChI is InChI=1S/C19H22O5/c1-19(21,14-24-18(20)15-6-4-3-5-7-15)12-13-23-17-10-8-16(22-2)9-11-17/h3-11,21H,12-14H2,1-2H3. The average Bonchev–Trinajstić information content (AvgIpc) is 2.61. The molecule has 128 valence electrons. The number of benzene rings is 2. The second-order valence-electron chi connectivity index (χ2n) is 5.71. The Balaban J connectivity index is 1.75. The van der Waals surface area contributed by atoms with E-state index < -0.39 is 11.6 Å². The van der Waals surface area contributed by atoms with Gasteiger partial charge >= 0.3 is 5.97 Å². The van der Waals surface area contributed by atoms with Gasteiger partial charge in [0.2, 0.25) is 0 Å². The van der Waals surface area contributed by atoms with Crippen LogP contribution in [0.3, 0.4) is 0 Å². The molecule has 24 heavy (non-hydrogen) atoms. The maximum absolute atomic E-state index is 11.9. The van der Waals surface area contributed by atoms with Gasteiger partial charge in [-0.15, -0.1) is 0 Å². The zero-order valence-electron chi connectivity index (χ0n) is 13.9. The van der Waals surface area contributed by atoms with Gasteiger partial charge in [-0.2, -0.15) is 0 Å². The molecule has 0 spiro atoms. The molecule has 1 N–H and O–H groups in total. The van der Waals surface area contributed by atoms with Crippen molar-refractivity contribution in [2.75, 3.05) is 20.3 Å². The van der Waals surface area contributed by atoms with Gasteiger partial charge in [0, 0.05) is 6.42 Å². The summed E-state index contributed by atoms with van der Waals surface area (Å²) in [5.74, 6) is 0.988. The first-order valence-corrected chi connectivity index (χ1v) is 7.71. The predicted octanol–water partition coefficient (Wildman–Crippen LogP) is 3.07. The van der Waals surface area contributed by atoms with Gasteiger partial charge < -0.3 is 19.3 Å². The van der Waals surface area contributed by atoms with Gasteiger partial charge in [-0.1, -0.05) is 18.2 Å². The van der Waals surface area contributed by atoms with Gasteiger partial charge in [-0.05, 0) is 43.3 Å². The van der Waals surface area contributed by atoms with Crippen molar-refractivity contribution in [3.63, 3.8) is 0 Å². The monoisotopic (exact) mass is 330 g/mol. The summed E-state index contributed by atoms with van der Waals surface area (Å²) < 4.78 is 15.8. The molecule has 0 aliphatic heterocycles. The van der Waals surface area contributed by atoms with Crippen LogP contribution in [0.5, 0.6) is 11.5 Å². The minimum Gasteiger partial charge on any atom is -0.497 e. The summed E-state index contributed by atoms with van der Waals surface area (Å²) in [5, 5.41) is 10.3. The van der Waals surface area contributed by atoms with E-state index in [-0.39, 0.29) is 6.61 Å². The number of esters is 1. The lowest BCUT2D eigenvalue weighted by Crippen LogP contribution is -2.33. The second kappa shape index (κ2) is 8.36. The molecule has 0 fully saturated rings. The molecule has 0 radical (unpaired) electrons. The Morgan fingerprint density at radius 2 is 1.67 bits per heavy atom. The summed E-state index contributed by atoms with van der Waals surface area (Å²) in [6, 6.07) is 15.9. The molecule has 1 atom stereocenters. The van der Waals surface area contributed by atoms with E-state index in [2.05, 4.69) is 0 Å². The number of hydrogen-bond donors (Lipinski definition) is 1. The molecule has 1 unspecified atom stereocenters. The molecule has 2 aromatic carbocycles. The highest BCUT2D eigenvalue weighted by Crippen LogP contribution is 2.18. The Kier molecular flexibility index (Phi) is 6.21. The van der Waals surface area contributed by atoms with E-state index in [1.165, 1.54) is 0 Å². The maximum Gasteiger partial charge on any atom is 0.338 e. The molecule has 0 heterocycles. The summed E-state index contributed by atoms with van der Waals surface area (Å²) >= 11 is 0. The smallest absolute Gasteiger partial charge is 0.338 e. The van der Waals surface area contributed by atoms with Gasteiger partial charge in [0.1, 0.15) is 18.1 Å². The summed E-state index contributed by atoms with van der Waals surface area (Å²) in [4.78, 5) is 11.9. The van der Waals surface area contributed by atoms with Crippen LogP contribution in [0.15, 0.2) is 54.6 Å². The quantitative estimate of drug-likeness (QED) is 0.754. The third-order valence-electron chi connectivity index (χ3n) is 3.49. The van der Waals surface area contributed by atoms with Crippen LogP contribution in [-0.2, 0) is 4.74 Å². The number of carbonyl (C=O) groups is 1. The molecule has 0 bridgehead atoms. The minimum atomic E-state index is -1.16. The van der Waals surface area contributed by atoms with Crippen LogP contribution in [0, 0.1) is 0 Å². The summed E-state index contributed by atoms with van der Waals surface area (Å²) in [5.41, 5.74) is -0.695. The Morgan fingerprint density at radius 3 is 2.29 bits per heavy atom. The first kappa shape index (κ1) is 17.8. The van der Waals surface area contributed by atoms with Crippen LogP contribution in [0.4, 0.5) is 0 Å². The highest BCUT2D eigenvalue weighted by atomic mass is 16.5. The van der Waals surface area contributed by atoms with Crippen LogP contribution in [0.2, 0.25) is 0 Å². The van der Waals surface area contributed by atoms with E-state index in [0.29, 0.717) is 24.3 Å². The van der Waals surface area contributed by atoms with E-state index in [9.17, 15) is 9.90 Å². The van der Waals surface area contributed by atoms with Gasteiger partial charge in [0.15, 0.2) is 0 Å². The SMILES string of the molecule is COc1ccc(OCCC(C)(O)COC(=O)c2ccccc2)cc1. The largest absolute Gasteiger partial charge is 0.497 e. The van der Waals surface area contributed by atoms with Crippen molar-refractivity contribution >= 4 is 5.97 Å². The van der Waals surface area contributed by atoms with E-state index in [1.807, 2.05) is 6.07 Å². The van der Waals surface area contributed by atoms with Crippen molar-refractivity contribution < 1.29 is 24.1 Å². The molecule has 0 saturated heterocycles. The van der Waals surface area contributed by atoms with Crippen molar-refractivity contribution in [2.45, 2.75) is 18.9 Å². The maximum atomic E-state index is 11.9. The minimum absolute atomic E-state index is 0.0906. The van der Waals surface area contributed by atoms with E-state index in [1.54, 1.807) is 62.6 Å². The van der Waals surface area contributed by atoms with Crippen LogP contribution < -0.4 is 9.47 Å². The molecule has 5 nitrogen and oxygen atoms in total. The third-order valence-corrected chi connectivity index (χ3v) is 3.49. The summed E-state index contributed by atoms with van der Waals surface area (Å²) in [6.45, 7) is 1.83. The van der Waals surface area contributed by atoms with E-state index in [0.717, 1.165) is 5.75 Å². The van der Waals surface area contributed by atoms with Crippen molar-refractivity contribution in [1.82, 2.24) is 0 Å². The van der Waals surface area contributed by atoms with Gasteiger partial charge in [-0.3, -0.25) is 0 Å². The molecule has 0 saturated carbocycles. The highest BCUT2D eigenvalue weighted by molar-refractivity contribution is 5.89. The number of hydrogen-bond acceptors (Lipinski definition) is 5. The van der Waals surface area contributed by atoms with Crippen molar-refractivity contribution in [2.24, 2.45) is 0 Å². The molecule has 0 aromatic heterocycles. The zero-order valence-corrected chi connectivity index (χ0v) is 13.9. The number of ether oxygens (including phenoxy) is 3. The molecular weight excluding hydrogens is 308 g/mol. The van der Waals surface area contributed by atoms with Crippen molar-refractivity contribution in [3.05, 3.63) is 60.2 Å². The highest BCUT2D eigenvalue weighted by Gasteiger charge is 2.23. The lowest BCUT2D eigenvalue weighted by Gasteiger charge is -2.23. The van der Waals surface area contributed by atoms with E-state index >= 15 is 0 Å². The molecule has 0 aliphatic rings. The predicted molar refractivity (Wildman–Crippen MR) is 90.5 cm³/mol. The van der Waals surface area contributed by atoms with Crippen LogP contribution in [0.25, 0.3) is 0 Å². The van der Waals surface area contributed by atoms with Crippen LogP contribution >= 0.6 is 0 Å². The van der Waals surface area contributed by atoms with Crippen molar-refractivity contribution in [3.8, 4) is 11.5 Å². The normalized spacial score (nSPS) is 13.0. The topological polar surface area (TPSA) is 65.0 Å². The first-order valence-electron chi connectivity index (χ1n) is 7.71.